The molecule has 0 spiro atoms. The molecule has 2 heterocycles. The van der Waals surface area contributed by atoms with Gasteiger partial charge in [-0.25, -0.2) is 9.78 Å². The lowest BCUT2D eigenvalue weighted by atomic mass is 10.3. The van der Waals surface area contributed by atoms with Gasteiger partial charge in [-0.05, 0) is 32.0 Å². The molecule has 100 valence electrons. The number of pyridine rings is 1. The van der Waals surface area contributed by atoms with Gasteiger partial charge in [0.2, 0.25) is 0 Å². The van der Waals surface area contributed by atoms with Crippen molar-refractivity contribution in [2.24, 2.45) is 0 Å². The van der Waals surface area contributed by atoms with Crippen LogP contribution in [-0.4, -0.2) is 25.8 Å². The van der Waals surface area contributed by atoms with Gasteiger partial charge in [0.15, 0.2) is 0 Å². The van der Waals surface area contributed by atoms with Crippen LogP contribution in [0.2, 0.25) is 0 Å². The topological polar surface area (TPSA) is 77.2 Å². The van der Waals surface area contributed by atoms with E-state index < -0.39 is 5.97 Å². The number of rotatable bonds is 5. The average Bonchev–Trinajstić information content (AvgIpc) is 2.86. The Morgan fingerprint density at radius 1 is 1.42 bits per heavy atom. The minimum Gasteiger partial charge on any atom is -0.486 e. The summed E-state index contributed by atoms with van der Waals surface area (Å²) in [6.07, 6.45) is 3.29. The Bertz CT molecular complexity index is 561. The van der Waals surface area contributed by atoms with Crippen molar-refractivity contribution in [3.63, 3.8) is 0 Å². The van der Waals surface area contributed by atoms with Crippen molar-refractivity contribution in [3.05, 3.63) is 42.0 Å². The van der Waals surface area contributed by atoms with Crippen molar-refractivity contribution in [3.8, 4) is 5.75 Å². The van der Waals surface area contributed by atoms with Crippen molar-refractivity contribution in [1.29, 1.82) is 0 Å². The van der Waals surface area contributed by atoms with E-state index in [0.717, 1.165) is 5.69 Å². The molecule has 0 atom stereocenters. The number of ether oxygens (including phenoxy) is 1. The van der Waals surface area contributed by atoms with E-state index in [1.54, 1.807) is 6.07 Å². The van der Waals surface area contributed by atoms with Crippen molar-refractivity contribution >= 4 is 5.97 Å². The van der Waals surface area contributed by atoms with E-state index in [2.05, 4.69) is 10.1 Å². The normalized spacial score (nSPS) is 10.7. The Morgan fingerprint density at radius 2 is 2.21 bits per heavy atom. The predicted molar refractivity (Wildman–Crippen MR) is 68.1 cm³/mol. The molecular formula is C13H15N3O3. The molecule has 2 rings (SSSR count). The Labute approximate surface area is 110 Å². The molecule has 0 aliphatic heterocycles. The number of aromatic nitrogens is 3. The summed E-state index contributed by atoms with van der Waals surface area (Å²) in [6.45, 7) is 4.42. The first-order chi connectivity index (χ1) is 9.06. The molecule has 0 aromatic carbocycles. The molecule has 0 fully saturated rings. The maximum atomic E-state index is 10.6. The Morgan fingerprint density at radius 3 is 2.74 bits per heavy atom. The van der Waals surface area contributed by atoms with Gasteiger partial charge < -0.3 is 9.84 Å². The first-order valence-corrected chi connectivity index (χ1v) is 5.92. The molecule has 0 saturated carbocycles. The lowest BCUT2D eigenvalue weighted by Crippen LogP contribution is -2.04. The van der Waals surface area contributed by atoms with Crippen LogP contribution in [0, 0.1) is 0 Å². The summed E-state index contributed by atoms with van der Waals surface area (Å²) in [5.74, 6) is -0.536. The molecule has 0 amide bonds. The van der Waals surface area contributed by atoms with Crippen molar-refractivity contribution in [2.75, 3.05) is 0 Å². The number of carboxylic acids is 1. The van der Waals surface area contributed by atoms with Crippen LogP contribution in [0.25, 0.3) is 0 Å². The highest BCUT2D eigenvalue weighted by Gasteiger charge is 2.05. The molecule has 0 aliphatic rings. The molecule has 19 heavy (non-hydrogen) atoms. The molecule has 0 saturated heterocycles. The molecule has 6 nitrogen and oxygen atoms in total. The maximum Gasteiger partial charge on any atom is 0.354 e. The van der Waals surface area contributed by atoms with Gasteiger partial charge in [-0.3, -0.25) is 4.68 Å². The fourth-order valence-corrected chi connectivity index (χ4v) is 1.49. The fraction of sp³-hybridized carbons (Fsp3) is 0.308. The molecule has 2 aromatic heterocycles. The third-order valence-electron chi connectivity index (χ3n) is 2.53. The van der Waals surface area contributed by atoms with E-state index in [-0.39, 0.29) is 5.69 Å². The van der Waals surface area contributed by atoms with E-state index in [1.807, 2.05) is 30.8 Å². The zero-order valence-electron chi connectivity index (χ0n) is 10.8. The van der Waals surface area contributed by atoms with Gasteiger partial charge in [-0.1, -0.05) is 0 Å². The van der Waals surface area contributed by atoms with E-state index >= 15 is 0 Å². The van der Waals surface area contributed by atoms with Crippen molar-refractivity contribution in [1.82, 2.24) is 14.8 Å². The minimum absolute atomic E-state index is 0.00330. The smallest absolute Gasteiger partial charge is 0.354 e. The quantitative estimate of drug-likeness (QED) is 0.892. The lowest BCUT2D eigenvalue weighted by Gasteiger charge is -2.05. The van der Waals surface area contributed by atoms with Crippen LogP contribution >= 0.6 is 0 Å². The van der Waals surface area contributed by atoms with E-state index in [4.69, 9.17) is 9.84 Å². The van der Waals surface area contributed by atoms with Gasteiger partial charge >= 0.3 is 5.97 Å². The Hall–Kier alpha value is -2.37. The van der Waals surface area contributed by atoms with Gasteiger partial charge in [0.25, 0.3) is 0 Å². The van der Waals surface area contributed by atoms with Crippen LogP contribution in [0.15, 0.2) is 30.6 Å². The zero-order valence-corrected chi connectivity index (χ0v) is 10.8. The number of hydrogen-bond donors (Lipinski definition) is 1. The van der Waals surface area contributed by atoms with Crippen LogP contribution in [0.1, 0.15) is 36.1 Å². The first kappa shape index (κ1) is 13.1. The highest BCUT2D eigenvalue weighted by molar-refractivity contribution is 5.85. The van der Waals surface area contributed by atoms with E-state index in [0.29, 0.717) is 18.4 Å². The third-order valence-corrected chi connectivity index (χ3v) is 2.53. The second-order valence-electron chi connectivity index (χ2n) is 4.35. The summed E-state index contributed by atoms with van der Waals surface area (Å²) >= 11 is 0. The Kier molecular flexibility index (Phi) is 3.79. The summed E-state index contributed by atoms with van der Waals surface area (Å²) in [6, 6.07) is 5.18. The monoisotopic (exact) mass is 261 g/mol. The summed E-state index contributed by atoms with van der Waals surface area (Å²) < 4.78 is 7.34. The van der Waals surface area contributed by atoms with Crippen molar-refractivity contribution < 1.29 is 14.6 Å². The van der Waals surface area contributed by atoms with Crippen molar-refractivity contribution in [2.45, 2.75) is 26.5 Å². The molecule has 0 bridgehead atoms. The number of nitrogens with zero attached hydrogens (tertiary/aromatic N) is 3. The van der Waals surface area contributed by atoms with Gasteiger partial charge in [0, 0.05) is 12.2 Å². The summed E-state index contributed by atoms with van der Waals surface area (Å²) in [7, 11) is 0. The molecule has 0 aliphatic carbocycles. The van der Waals surface area contributed by atoms with Crippen LogP contribution in [0.3, 0.4) is 0 Å². The highest BCUT2D eigenvalue weighted by atomic mass is 16.5. The van der Waals surface area contributed by atoms with Gasteiger partial charge in [-0.2, -0.15) is 5.10 Å². The Balaban J connectivity index is 1.96. The molecule has 1 N–H and O–H groups in total. The third kappa shape index (κ3) is 3.31. The fourth-order valence-electron chi connectivity index (χ4n) is 1.49. The van der Waals surface area contributed by atoms with Crippen LogP contribution in [-0.2, 0) is 6.61 Å². The number of carbonyl (C=O) groups is 1. The predicted octanol–water partition coefficient (Wildman–Crippen LogP) is 2.14. The number of carboxylic acid groups (broad SMARTS) is 1. The summed E-state index contributed by atoms with van der Waals surface area (Å²) in [5, 5.41) is 13.1. The first-order valence-electron chi connectivity index (χ1n) is 5.92. The zero-order chi connectivity index (χ0) is 13.8. The van der Waals surface area contributed by atoms with Gasteiger partial charge in [0.1, 0.15) is 18.1 Å². The number of hydrogen-bond acceptors (Lipinski definition) is 4. The maximum absolute atomic E-state index is 10.6. The molecule has 2 aromatic rings. The minimum atomic E-state index is -1.05. The van der Waals surface area contributed by atoms with Crippen LogP contribution in [0.5, 0.6) is 5.75 Å². The summed E-state index contributed by atoms with van der Waals surface area (Å²) in [4.78, 5) is 14.4. The highest BCUT2D eigenvalue weighted by Crippen LogP contribution is 2.12. The van der Waals surface area contributed by atoms with Crippen LogP contribution in [0.4, 0.5) is 0 Å². The standard InChI is InChI=1S/C13H15N3O3/c1-9(2)16-6-5-10(15-16)8-19-11-3-4-12(13(17)18)14-7-11/h3-7,9H,8H2,1-2H3,(H,17,18). The number of aromatic carboxylic acids is 1. The average molecular weight is 261 g/mol. The molecule has 0 radical (unpaired) electrons. The summed E-state index contributed by atoms with van der Waals surface area (Å²) in [5.41, 5.74) is 0.812. The van der Waals surface area contributed by atoms with Gasteiger partial charge in [-0.15, -0.1) is 0 Å². The second-order valence-corrected chi connectivity index (χ2v) is 4.35. The van der Waals surface area contributed by atoms with E-state index in [1.165, 1.54) is 12.3 Å². The van der Waals surface area contributed by atoms with E-state index in [9.17, 15) is 4.79 Å². The second kappa shape index (κ2) is 5.51. The molecule has 0 unspecified atom stereocenters. The largest absolute Gasteiger partial charge is 0.486 e. The SMILES string of the molecule is CC(C)n1ccc(COc2ccc(C(=O)O)nc2)n1. The lowest BCUT2D eigenvalue weighted by molar-refractivity contribution is 0.0690. The molecular weight excluding hydrogens is 246 g/mol. The van der Waals surface area contributed by atoms with Crippen LogP contribution < -0.4 is 4.74 Å². The molecule has 6 heteroatoms. The van der Waals surface area contributed by atoms with Gasteiger partial charge in [0.05, 0.1) is 11.9 Å².